The van der Waals surface area contributed by atoms with Crippen molar-refractivity contribution in [3.63, 3.8) is 0 Å². The zero-order valence-corrected chi connectivity index (χ0v) is 11.6. The molecule has 0 bridgehead atoms. The molecule has 0 atom stereocenters. The average molecular weight is 262 g/mol. The second kappa shape index (κ2) is 5.63. The van der Waals surface area contributed by atoms with Gasteiger partial charge in [-0.1, -0.05) is 11.8 Å². The second-order valence-corrected chi connectivity index (χ2v) is 5.27. The fourth-order valence-corrected chi connectivity index (χ4v) is 2.10. The van der Waals surface area contributed by atoms with Crippen LogP contribution < -0.4 is 0 Å². The van der Waals surface area contributed by atoms with Gasteiger partial charge in [0, 0.05) is 10.8 Å². The standard InChI is InChI=1S/C15H18O4/c1-7-14(3,4)12(15(5,6)8-2)10(13(18)19)9-11(16)17/h1-2H,9H2,3-6H3,(H,16,17)(H,18,19). The molecule has 0 radical (unpaired) electrons. The SMILES string of the molecule is C#CC(C)(C)C(=C(CC(=O)O)C(=O)O)C(C)(C)C#C. The molecule has 4 heteroatoms. The summed E-state index contributed by atoms with van der Waals surface area (Å²) in [7, 11) is 0. The van der Waals surface area contributed by atoms with Crippen molar-refractivity contribution in [3.8, 4) is 24.7 Å². The Bertz CT molecular complexity index is 479. The number of hydrogen-bond donors (Lipinski definition) is 2. The summed E-state index contributed by atoms with van der Waals surface area (Å²) >= 11 is 0. The molecule has 0 rings (SSSR count). The highest BCUT2D eigenvalue weighted by molar-refractivity contribution is 5.93. The van der Waals surface area contributed by atoms with Crippen LogP contribution >= 0.6 is 0 Å². The third kappa shape index (κ3) is 3.89. The van der Waals surface area contributed by atoms with Crippen molar-refractivity contribution in [3.05, 3.63) is 11.1 Å². The number of allylic oxidation sites excluding steroid dienone is 1. The van der Waals surface area contributed by atoms with Crippen molar-refractivity contribution in [1.82, 2.24) is 0 Å². The van der Waals surface area contributed by atoms with Crippen LogP contribution in [0, 0.1) is 35.5 Å². The summed E-state index contributed by atoms with van der Waals surface area (Å²) < 4.78 is 0. The van der Waals surface area contributed by atoms with Gasteiger partial charge < -0.3 is 10.2 Å². The van der Waals surface area contributed by atoms with Crippen LogP contribution in [-0.2, 0) is 9.59 Å². The van der Waals surface area contributed by atoms with Gasteiger partial charge in [-0.15, -0.1) is 12.8 Å². The van der Waals surface area contributed by atoms with Gasteiger partial charge in [0.25, 0.3) is 0 Å². The van der Waals surface area contributed by atoms with Crippen molar-refractivity contribution in [1.29, 1.82) is 0 Å². The number of terminal acetylenes is 2. The molecule has 0 unspecified atom stereocenters. The molecule has 0 heterocycles. The van der Waals surface area contributed by atoms with E-state index in [1.165, 1.54) is 0 Å². The normalized spacial score (nSPS) is 11.1. The molecule has 0 aliphatic heterocycles. The van der Waals surface area contributed by atoms with Crippen LogP contribution in [0.5, 0.6) is 0 Å². The summed E-state index contributed by atoms with van der Waals surface area (Å²) in [4.78, 5) is 22.2. The van der Waals surface area contributed by atoms with Gasteiger partial charge in [0.1, 0.15) is 0 Å². The lowest BCUT2D eigenvalue weighted by molar-refractivity contribution is -0.139. The molecule has 0 fully saturated rings. The lowest BCUT2D eigenvalue weighted by Crippen LogP contribution is -2.29. The molecule has 0 aliphatic carbocycles. The molecular formula is C15H18O4. The molecule has 2 N–H and O–H groups in total. The van der Waals surface area contributed by atoms with Crippen molar-refractivity contribution < 1.29 is 19.8 Å². The molecule has 0 aromatic carbocycles. The highest BCUT2D eigenvalue weighted by Gasteiger charge is 2.37. The first-order valence-electron chi connectivity index (χ1n) is 5.64. The van der Waals surface area contributed by atoms with E-state index < -0.39 is 29.2 Å². The Morgan fingerprint density at radius 1 is 1.00 bits per heavy atom. The summed E-state index contributed by atoms with van der Waals surface area (Å²) in [6.07, 6.45) is 10.2. The van der Waals surface area contributed by atoms with Gasteiger partial charge in [-0.05, 0) is 33.3 Å². The van der Waals surface area contributed by atoms with Crippen LogP contribution in [0.2, 0.25) is 0 Å². The predicted molar refractivity (Wildman–Crippen MR) is 72.1 cm³/mol. The maximum atomic E-state index is 11.3. The molecule has 0 aromatic rings. The Labute approximate surface area is 113 Å². The average Bonchev–Trinajstić information content (AvgIpc) is 2.26. The van der Waals surface area contributed by atoms with Crippen LogP contribution in [0.3, 0.4) is 0 Å². The lowest BCUT2D eigenvalue weighted by Gasteiger charge is -2.33. The summed E-state index contributed by atoms with van der Waals surface area (Å²) in [5.41, 5.74) is -1.86. The fourth-order valence-electron chi connectivity index (χ4n) is 2.10. The minimum absolute atomic E-state index is 0.251. The quantitative estimate of drug-likeness (QED) is 0.588. The lowest BCUT2D eigenvalue weighted by atomic mass is 9.68. The monoisotopic (exact) mass is 262 g/mol. The first kappa shape index (κ1) is 16.8. The summed E-state index contributed by atoms with van der Waals surface area (Å²) in [6.45, 7) is 6.58. The first-order chi connectivity index (χ1) is 8.49. The molecule has 0 aliphatic rings. The summed E-state index contributed by atoms with van der Waals surface area (Å²) in [5, 5.41) is 18.1. The topological polar surface area (TPSA) is 74.6 Å². The Hall–Kier alpha value is -2.20. The number of hydrogen-bond acceptors (Lipinski definition) is 2. The third-order valence-electron chi connectivity index (χ3n) is 2.86. The highest BCUT2D eigenvalue weighted by Crippen LogP contribution is 2.42. The number of carbonyl (C=O) groups is 2. The van der Waals surface area contributed by atoms with Crippen LogP contribution in [0.15, 0.2) is 11.1 Å². The van der Waals surface area contributed by atoms with E-state index in [4.69, 9.17) is 18.0 Å². The first-order valence-corrected chi connectivity index (χ1v) is 5.64. The van der Waals surface area contributed by atoms with Crippen molar-refractivity contribution >= 4 is 11.9 Å². The molecule has 4 nitrogen and oxygen atoms in total. The molecule has 102 valence electrons. The molecule has 0 spiro atoms. The third-order valence-corrected chi connectivity index (χ3v) is 2.86. The molecule has 19 heavy (non-hydrogen) atoms. The Morgan fingerprint density at radius 2 is 1.37 bits per heavy atom. The number of aliphatic carboxylic acids is 2. The van der Waals surface area contributed by atoms with Gasteiger partial charge >= 0.3 is 11.9 Å². The van der Waals surface area contributed by atoms with E-state index in [0.717, 1.165) is 0 Å². The smallest absolute Gasteiger partial charge is 0.332 e. The number of carboxylic acid groups (broad SMARTS) is 2. The minimum atomic E-state index is -1.32. The zero-order valence-electron chi connectivity index (χ0n) is 11.6. The fraction of sp³-hybridized carbons (Fsp3) is 0.467. The van der Waals surface area contributed by atoms with E-state index in [2.05, 4.69) is 11.8 Å². The van der Waals surface area contributed by atoms with E-state index in [-0.39, 0.29) is 11.1 Å². The van der Waals surface area contributed by atoms with E-state index in [9.17, 15) is 14.7 Å². The molecular weight excluding hydrogens is 244 g/mol. The van der Waals surface area contributed by atoms with E-state index in [1.54, 1.807) is 27.7 Å². The Kier molecular flexibility index (Phi) is 4.98. The van der Waals surface area contributed by atoms with Gasteiger partial charge in [-0.2, -0.15) is 0 Å². The predicted octanol–water partition coefficient (Wildman–Crippen LogP) is 2.16. The van der Waals surface area contributed by atoms with Crippen LogP contribution in [0.25, 0.3) is 0 Å². The second-order valence-electron chi connectivity index (χ2n) is 5.27. The number of rotatable bonds is 5. The highest BCUT2D eigenvalue weighted by atomic mass is 16.4. The number of carboxylic acids is 2. The van der Waals surface area contributed by atoms with Gasteiger partial charge in [0.2, 0.25) is 0 Å². The van der Waals surface area contributed by atoms with Gasteiger partial charge in [-0.3, -0.25) is 4.79 Å². The summed E-state index contributed by atoms with van der Waals surface area (Å²) in [6, 6.07) is 0. The zero-order chi connectivity index (χ0) is 15.4. The van der Waals surface area contributed by atoms with Gasteiger partial charge in [0.15, 0.2) is 0 Å². The van der Waals surface area contributed by atoms with E-state index >= 15 is 0 Å². The molecule has 0 aromatic heterocycles. The maximum Gasteiger partial charge on any atom is 0.332 e. The maximum absolute atomic E-state index is 11.3. The van der Waals surface area contributed by atoms with Gasteiger partial charge in [0.05, 0.1) is 12.0 Å². The van der Waals surface area contributed by atoms with Crippen molar-refractivity contribution in [2.75, 3.05) is 0 Å². The Balaban J connectivity index is 6.39. The summed E-state index contributed by atoms with van der Waals surface area (Å²) in [5.74, 6) is 2.41. The van der Waals surface area contributed by atoms with Crippen LogP contribution in [0.1, 0.15) is 34.1 Å². The van der Waals surface area contributed by atoms with Crippen LogP contribution in [-0.4, -0.2) is 22.2 Å². The molecule has 0 amide bonds. The van der Waals surface area contributed by atoms with Crippen molar-refractivity contribution in [2.24, 2.45) is 10.8 Å². The molecule has 0 saturated carbocycles. The Morgan fingerprint density at radius 3 is 1.58 bits per heavy atom. The molecule has 0 saturated heterocycles. The van der Waals surface area contributed by atoms with Gasteiger partial charge in [-0.25, -0.2) is 4.79 Å². The minimum Gasteiger partial charge on any atom is -0.481 e. The largest absolute Gasteiger partial charge is 0.481 e. The van der Waals surface area contributed by atoms with E-state index in [1.807, 2.05) is 0 Å². The van der Waals surface area contributed by atoms with Crippen LogP contribution in [0.4, 0.5) is 0 Å². The van der Waals surface area contributed by atoms with Crippen molar-refractivity contribution in [2.45, 2.75) is 34.1 Å². The van der Waals surface area contributed by atoms with E-state index in [0.29, 0.717) is 0 Å².